The van der Waals surface area contributed by atoms with Crippen LogP contribution in [0.1, 0.15) is 11.1 Å². The maximum atomic E-state index is 12.2. The van der Waals surface area contributed by atoms with Gasteiger partial charge in [0.1, 0.15) is 11.5 Å². The van der Waals surface area contributed by atoms with Crippen LogP contribution < -0.4 is 14.8 Å². The number of aryl methyl sites for hydroxylation is 2. The third kappa shape index (κ3) is 3.83. The molecule has 1 amide bonds. The molecule has 0 saturated heterocycles. The molecular weight excluding hydrogens is 334 g/mol. The number of anilines is 1. The number of nitrogens with zero attached hydrogens (tertiary/aromatic N) is 2. The van der Waals surface area contributed by atoms with Gasteiger partial charge in [0.15, 0.2) is 12.3 Å². The second-order valence-electron chi connectivity index (χ2n) is 5.75. The topological polar surface area (TPSA) is 86.5 Å². The Morgan fingerprint density at radius 1 is 1.08 bits per heavy atom. The summed E-state index contributed by atoms with van der Waals surface area (Å²) in [6.07, 6.45) is 0. The van der Waals surface area contributed by atoms with Crippen LogP contribution in [0.4, 0.5) is 5.82 Å². The van der Waals surface area contributed by atoms with Crippen molar-refractivity contribution >= 4 is 11.7 Å². The summed E-state index contributed by atoms with van der Waals surface area (Å²) in [5, 5.41) is 10.3. The van der Waals surface area contributed by atoms with E-state index in [0.29, 0.717) is 11.4 Å². The minimum atomic E-state index is -0.351. The number of para-hydroxylation sites is 1. The summed E-state index contributed by atoms with van der Waals surface area (Å²) >= 11 is 0. The second kappa shape index (κ2) is 7.69. The summed E-state index contributed by atoms with van der Waals surface area (Å²) in [7, 11) is 1.61. The van der Waals surface area contributed by atoms with Gasteiger partial charge in [-0.1, -0.05) is 18.2 Å². The largest absolute Gasteiger partial charge is 0.496 e. The molecule has 3 rings (SSSR count). The van der Waals surface area contributed by atoms with Crippen LogP contribution in [0.2, 0.25) is 0 Å². The van der Waals surface area contributed by atoms with Gasteiger partial charge in [0, 0.05) is 5.56 Å². The molecule has 134 valence electrons. The highest BCUT2D eigenvalue weighted by atomic mass is 16.6. The van der Waals surface area contributed by atoms with E-state index in [-0.39, 0.29) is 18.3 Å². The van der Waals surface area contributed by atoms with Crippen molar-refractivity contribution in [3.05, 3.63) is 53.6 Å². The first-order valence-corrected chi connectivity index (χ1v) is 8.04. The van der Waals surface area contributed by atoms with E-state index in [4.69, 9.17) is 14.1 Å². The van der Waals surface area contributed by atoms with Crippen LogP contribution in [-0.4, -0.2) is 29.9 Å². The highest BCUT2D eigenvalue weighted by Crippen LogP contribution is 2.28. The van der Waals surface area contributed by atoms with Gasteiger partial charge in [0.25, 0.3) is 5.91 Å². The van der Waals surface area contributed by atoms with Crippen molar-refractivity contribution in [1.29, 1.82) is 0 Å². The highest BCUT2D eigenvalue weighted by molar-refractivity contribution is 5.94. The number of benzene rings is 2. The van der Waals surface area contributed by atoms with E-state index >= 15 is 0 Å². The summed E-state index contributed by atoms with van der Waals surface area (Å²) in [5.41, 5.74) is 3.10. The zero-order valence-electron chi connectivity index (χ0n) is 14.8. The standard InChI is InChI=1S/C19H19N3O4/c1-12-6-4-5-7-16(12)25-11-17(23)20-19-18(21-26-22-19)14-8-9-15(24-3)13(2)10-14/h4-10H,11H2,1-3H3,(H,20,22,23). The SMILES string of the molecule is COc1ccc(-c2nonc2NC(=O)COc2ccccc2C)cc1C. The average Bonchev–Trinajstić information content (AvgIpc) is 3.09. The molecule has 0 spiro atoms. The van der Waals surface area contributed by atoms with Crippen molar-refractivity contribution in [3.8, 4) is 22.8 Å². The Morgan fingerprint density at radius 2 is 1.88 bits per heavy atom. The Kier molecular flexibility index (Phi) is 5.17. The number of rotatable bonds is 6. The van der Waals surface area contributed by atoms with E-state index in [9.17, 15) is 4.79 Å². The predicted octanol–water partition coefficient (Wildman–Crippen LogP) is 3.38. The zero-order chi connectivity index (χ0) is 18.5. The number of carbonyl (C=O) groups is 1. The van der Waals surface area contributed by atoms with Gasteiger partial charge >= 0.3 is 0 Å². The summed E-state index contributed by atoms with van der Waals surface area (Å²) in [6.45, 7) is 3.70. The molecule has 0 radical (unpaired) electrons. The lowest BCUT2D eigenvalue weighted by molar-refractivity contribution is -0.118. The van der Waals surface area contributed by atoms with E-state index < -0.39 is 0 Å². The molecule has 3 aromatic rings. The average molecular weight is 353 g/mol. The Labute approximate surface area is 150 Å². The van der Waals surface area contributed by atoms with Crippen LogP contribution in [0.5, 0.6) is 11.5 Å². The predicted molar refractivity (Wildman–Crippen MR) is 96.3 cm³/mol. The van der Waals surface area contributed by atoms with Gasteiger partial charge < -0.3 is 14.8 Å². The van der Waals surface area contributed by atoms with E-state index in [1.807, 2.05) is 56.3 Å². The van der Waals surface area contributed by atoms with Crippen LogP contribution in [-0.2, 0) is 4.79 Å². The quantitative estimate of drug-likeness (QED) is 0.731. The third-order valence-electron chi connectivity index (χ3n) is 3.87. The van der Waals surface area contributed by atoms with Gasteiger partial charge in [-0.2, -0.15) is 0 Å². The first kappa shape index (κ1) is 17.5. The van der Waals surface area contributed by atoms with Crippen LogP contribution in [0.25, 0.3) is 11.3 Å². The number of hydrogen-bond acceptors (Lipinski definition) is 6. The van der Waals surface area contributed by atoms with Crippen molar-refractivity contribution in [2.45, 2.75) is 13.8 Å². The van der Waals surface area contributed by atoms with Gasteiger partial charge in [0.05, 0.1) is 7.11 Å². The molecule has 26 heavy (non-hydrogen) atoms. The summed E-state index contributed by atoms with van der Waals surface area (Å²) in [6, 6.07) is 13.0. The van der Waals surface area contributed by atoms with Crippen LogP contribution in [0, 0.1) is 13.8 Å². The number of methoxy groups -OCH3 is 1. The molecular formula is C19H19N3O4. The Balaban J connectivity index is 1.70. The lowest BCUT2D eigenvalue weighted by Gasteiger charge is -2.09. The lowest BCUT2D eigenvalue weighted by atomic mass is 10.1. The molecule has 7 nitrogen and oxygen atoms in total. The fourth-order valence-electron chi connectivity index (χ4n) is 2.52. The van der Waals surface area contributed by atoms with Gasteiger partial charge in [0.2, 0.25) is 5.82 Å². The molecule has 0 aliphatic heterocycles. The fraction of sp³-hybridized carbons (Fsp3) is 0.211. The minimum Gasteiger partial charge on any atom is -0.496 e. The van der Waals surface area contributed by atoms with Gasteiger partial charge in [-0.3, -0.25) is 4.79 Å². The molecule has 0 atom stereocenters. The number of aromatic nitrogens is 2. The highest BCUT2D eigenvalue weighted by Gasteiger charge is 2.16. The molecule has 0 saturated carbocycles. The molecule has 2 aromatic carbocycles. The lowest BCUT2D eigenvalue weighted by Crippen LogP contribution is -2.21. The molecule has 0 fully saturated rings. The van der Waals surface area contributed by atoms with Crippen molar-refractivity contribution in [2.75, 3.05) is 19.0 Å². The summed E-state index contributed by atoms with van der Waals surface area (Å²) in [5.74, 6) is 1.32. The van der Waals surface area contributed by atoms with Crippen molar-refractivity contribution in [3.63, 3.8) is 0 Å². The number of ether oxygens (including phenoxy) is 2. The van der Waals surface area contributed by atoms with E-state index in [2.05, 4.69) is 15.6 Å². The summed E-state index contributed by atoms with van der Waals surface area (Å²) in [4.78, 5) is 12.2. The summed E-state index contributed by atoms with van der Waals surface area (Å²) < 4.78 is 15.6. The molecule has 0 aliphatic carbocycles. The molecule has 1 aromatic heterocycles. The number of amides is 1. The third-order valence-corrected chi connectivity index (χ3v) is 3.87. The van der Waals surface area contributed by atoms with E-state index in [0.717, 1.165) is 22.4 Å². The zero-order valence-corrected chi connectivity index (χ0v) is 14.8. The van der Waals surface area contributed by atoms with Crippen LogP contribution >= 0.6 is 0 Å². The molecule has 1 N–H and O–H groups in total. The monoisotopic (exact) mass is 353 g/mol. The maximum Gasteiger partial charge on any atom is 0.263 e. The fourth-order valence-corrected chi connectivity index (χ4v) is 2.52. The molecule has 7 heteroatoms. The van der Waals surface area contributed by atoms with Crippen molar-refractivity contribution in [1.82, 2.24) is 10.3 Å². The van der Waals surface area contributed by atoms with Gasteiger partial charge in [-0.05, 0) is 59.6 Å². The Hall–Kier alpha value is -3.35. The minimum absolute atomic E-state index is 0.140. The van der Waals surface area contributed by atoms with Crippen molar-refractivity contribution < 1.29 is 18.9 Å². The number of carbonyl (C=O) groups excluding carboxylic acids is 1. The van der Waals surface area contributed by atoms with Gasteiger partial charge in [-0.15, -0.1) is 0 Å². The first-order chi connectivity index (χ1) is 12.6. The van der Waals surface area contributed by atoms with Crippen LogP contribution in [0.15, 0.2) is 47.1 Å². The van der Waals surface area contributed by atoms with Gasteiger partial charge in [-0.25, -0.2) is 4.63 Å². The Morgan fingerprint density at radius 3 is 2.62 bits per heavy atom. The molecule has 0 unspecified atom stereocenters. The van der Waals surface area contributed by atoms with Crippen LogP contribution in [0.3, 0.4) is 0 Å². The van der Waals surface area contributed by atoms with Crippen molar-refractivity contribution in [2.24, 2.45) is 0 Å². The van der Waals surface area contributed by atoms with E-state index in [1.165, 1.54) is 0 Å². The second-order valence-corrected chi connectivity index (χ2v) is 5.75. The first-order valence-electron chi connectivity index (χ1n) is 8.04. The number of hydrogen-bond donors (Lipinski definition) is 1. The maximum absolute atomic E-state index is 12.2. The Bertz CT molecular complexity index is 921. The smallest absolute Gasteiger partial charge is 0.263 e. The normalized spacial score (nSPS) is 10.4. The molecule has 0 bridgehead atoms. The van der Waals surface area contributed by atoms with E-state index in [1.54, 1.807) is 7.11 Å². The molecule has 1 heterocycles. The number of nitrogens with one attached hydrogen (secondary N) is 1. The molecule has 0 aliphatic rings.